The summed E-state index contributed by atoms with van der Waals surface area (Å²) >= 11 is 1.40. The highest BCUT2D eigenvalue weighted by atomic mass is 32.1. The normalized spacial score (nSPS) is 10.5. The maximum Gasteiger partial charge on any atom is 0.338 e. The van der Waals surface area contributed by atoms with E-state index >= 15 is 0 Å². The van der Waals surface area contributed by atoms with Crippen molar-refractivity contribution in [2.24, 2.45) is 0 Å². The molecule has 0 saturated heterocycles. The molecular formula is C20H20N2O3S. The van der Waals surface area contributed by atoms with Gasteiger partial charge < -0.3 is 15.2 Å². The van der Waals surface area contributed by atoms with Crippen molar-refractivity contribution in [2.75, 3.05) is 12.3 Å². The van der Waals surface area contributed by atoms with E-state index in [-0.39, 0.29) is 5.97 Å². The van der Waals surface area contributed by atoms with Crippen LogP contribution in [0.4, 0.5) is 5.13 Å². The summed E-state index contributed by atoms with van der Waals surface area (Å²) in [5, 5.41) is 2.44. The molecule has 1 aromatic heterocycles. The molecule has 0 fully saturated rings. The zero-order chi connectivity index (χ0) is 18.4. The van der Waals surface area contributed by atoms with Crippen LogP contribution in [0.3, 0.4) is 0 Å². The molecule has 3 aromatic rings. The predicted molar refractivity (Wildman–Crippen MR) is 103 cm³/mol. The molecular weight excluding hydrogens is 348 g/mol. The Morgan fingerprint density at radius 3 is 2.62 bits per heavy atom. The van der Waals surface area contributed by atoms with Crippen LogP contribution < -0.4 is 10.5 Å². The summed E-state index contributed by atoms with van der Waals surface area (Å²) < 4.78 is 11.1. The van der Waals surface area contributed by atoms with Crippen molar-refractivity contribution in [1.82, 2.24) is 4.98 Å². The molecule has 26 heavy (non-hydrogen) atoms. The molecule has 2 aromatic carbocycles. The number of nitrogens with two attached hydrogens (primary N) is 1. The number of carbonyl (C=O) groups is 1. The second-order valence-corrected chi connectivity index (χ2v) is 6.58. The molecule has 0 amide bonds. The highest BCUT2D eigenvalue weighted by Gasteiger charge is 2.10. The lowest BCUT2D eigenvalue weighted by atomic mass is 10.1. The van der Waals surface area contributed by atoms with E-state index in [0.717, 1.165) is 29.0 Å². The van der Waals surface area contributed by atoms with E-state index in [2.05, 4.69) is 4.98 Å². The van der Waals surface area contributed by atoms with E-state index in [1.165, 1.54) is 11.3 Å². The molecule has 0 unspecified atom stereocenters. The first-order valence-corrected chi connectivity index (χ1v) is 9.24. The number of hydrogen-bond donors (Lipinski definition) is 1. The monoisotopic (exact) mass is 368 g/mol. The van der Waals surface area contributed by atoms with Crippen molar-refractivity contribution < 1.29 is 14.3 Å². The summed E-state index contributed by atoms with van der Waals surface area (Å²) in [4.78, 5) is 16.1. The minimum atomic E-state index is -0.300. The van der Waals surface area contributed by atoms with Crippen molar-refractivity contribution in [3.05, 3.63) is 65.0 Å². The van der Waals surface area contributed by atoms with Gasteiger partial charge in [0, 0.05) is 10.9 Å². The van der Waals surface area contributed by atoms with Gasteiger partial charge in [0.05, 0.1) is 17.9 Å². The van der Waals surface area contributed by atoms with Gasteiger partial charge in [-0.15, -0.1) is 11.3 Å². The van der Waals surface area contributed by atoms with Crippen LogP contribution in [0.25, 0.3) is 11.3 Å². The molecule has 0 saturated carbocycles. The van der Waals surface area contributed by atoms with Crippen LogP contribution in [0.5, 0.6) is 5.75 Å². The minimum absolute atomic E-state index is 0.300. The van der Waals surface area contributed by atoms with Crippen molar-refractivity contribution in [2.45, 2.75) is 20.0 Å². The summed E-state index contributed by atoms with van der Waals surface area (Å²) in [5.74, 6) is 0.440. The molecule has 0 atom stereocenters. The number of hydrogen-bond acceptors (Lipinski definition) is 6. The maximum absolute atomic E-state index is 11.8. The molecule has 5 nitrogen and oxygen atoms in total. The third kappa shape index (κ3) is 4.40. The fourth-order valence-electron chi connectivity index (χ4n) is 2.39. The van der Waals surface area contributed by atoms with Crippen LogP contribution in [0, 0.1) is 0 Å². The molecule has 0 aliphatic heterocycles. The van der Waals surface area contributed by atoms with Crippen LogP contribution in [-0.4, -0.2) is 17.6 Å². The Morgan fingerprint density at radius 1 is 1.15 bits per heavy atom. The third-order valence-corrected chi connectivity index (χ3v) is 4.38. The van der Waals surface area contributed by atoms with Gasteiger partial charge in [0.2, 0.25) is 0 Å². The van der Waals surface area contributed by atoms with E-state index in [4.69, 9.17) is 15.2 Å². The van der Waals surface area contributed by atoms with E-state index < -0.39 is 0 Å². The highest BCUT2D eigenvalue weighted by molar-refractivity contribution is 7.13. The van der Waals surface area contributed by atoms with Crippen molar-refractivity contribution >= 4 is 22.4 Å². The number of carbonyl (C=O) groups excluding carboxylic acids is 1. The Morgan fingerprint density at radius 2 is 1.92 bits per heavy atom. The van der Waals surface area contributed by atoms with Gasteiger partial charge in [-0.1, -0.05) is 31.2 Å². The van der Waals surface area contributed by atoms with Crippen LogP contribution in [0.2, 0.25) is 0 Å². The minimum Gasteiger partial charge on any atom is -0.488 e. The van der Waals surface area contributed by atoms with Gasteiger partial charge in [-0.05, 0) is 36.2 Å². The van der Waals surface area contributed by atoms with E-state index in [9.17, 15) is 4.79 Å². The number of ether oxygens (including phenoxy) is 2. The molecule has 0 aliphatic rings. The van der Waals surface area contributed by atoms with Gasteiger partial charge >= 0.3 is 5.97 Å². The molecule has 3 rings (SSSR count). The number of nitrogen functional groups attached to an aromatic ring is 1. The number of thiazole rings is 1. The van der Waals surface area contributed by atoms with Gasteiger partial charge in [0.25, 0.3) is 0 Å². The SMILES string of the molecule is CCCOC(=O)c1ccc(COc2ccccc2-c2csc(N)n2)cc1. The summed E-state index contributed by atoms with van der Waals surface area (Å²) in [7, 11) is 0. The van der Waals surface area contributed by atoms with Crippen molar-refractivity contribution in [3.63, 3.8) is 0 Å². The molecule has 0 spiro atoms. The second-order valence-electron chi connectivity index (χ2n) is 5.69. The number of benzene rings is 2. The average molecular weight is 368 g/mol. The zero-order valence-corrected chi connectivity index (χ0v) is 15.3. The quantitative estimate of drug-likeness (QED) is 0.620. The topological polar surface area (TPSA) is 74.4 Å². The van der Waals surface area contributed by atoms with Gasteiger partial charge in [-0.25, -0.2) is 9.78 Å². The van der Waals surface area contributed by atoms with Gasteiger partial charge in [0.15, 0.2) is 5.13 Å². The molecule has 2 N–H and O–H groups in total. The van der Waals surface area contributed by atoms with Crippen molar-refractivity contribution in [1.29, 1.82) is 0 Å². The first-order valence-electron chi connectivity index (χ1n) is 8.36. The molecule has 0 radical (unpaired) electrons. The highest BCUT2D eigenvalue weighted by Crippen LogP contribution is 2.31. The predicted octanol–water partition coefficient (Wildman–Crippen LogP) is 4.54. The van der Waals surface area contributed by atoms with E-state index in [1.54, 1.807) is 12.1 Å². The lowest BCUT2D eigenvalue weighted by Crippen LogP contribution is -2.06. The van der Waals surface area contributed by atoms with Crippen LogP contribution in [0.1, 0.15) is 29.3 Å². The third-order valence-electron chi connectivity index (χ3n) is 3.71. The lowest BCUT2D eigenvalue weighted by Gasteiger charge is -2.10. The summed E-state index contributed by atoms with van der Waals surface area (Å²) in [5.41, 5.74) is 8.94. The summed E-state index contributed by atoms with van der Waals surface area (Å²) in [6, 6.07) is 15.0. The number of esters is 1. The zero-order valence-electron chi connectivity index (χ0n) is 14.5. The smallest absolute Gasteiger partial charge is 0.338 e. The first kappa shape index (κ1) is 17.9. The van der Waals surface area contributed by atoms with Crippen molar-refractivity contribution in [3.8, 4) is 17.0 Å². The molecule has 134 valence electrons. The second kappa shape index (κ2) is 8.49. The molecule has 1 heterocycles. The Balaban J connectivity index is 1.67. The van der Waals surface area contributed by atoms with Gasteiger partial charge in [-0.3, -0.25) is 0 Å². The Hall–Kier alpha value is -2.86. The lowest BCUT2D eigenvalue weighted by molar-refractivity contribution is 0.0505. The Labute approximate surface area is 156 Å². The van der Waals surface area contributed by atoms with Crippen LogP contribution in [0.15, 0.2) is 53.9 Å². The standard InChI is InChI=1S/C20H20N2O3S/c1-2-11-24-19(23)15-9-7-14(8-10-15)12-25-18-6-4-3-5-16(18)17-13-26-20(21)22-17/h3-10,13H,2,11-12H2,1H3,(H2,21,22). The number of rotatable bonds is 7. The Bertz CT molecular complexity index is 875. The summed E-state index contributed by atoms with van der Waals surface area (Å²) in [6.45, 7) is 2.79. The fourth-order valence-corrected chi connectivity index (χ4v) is 2.95. The average Bonchev–Trinajstić information content (AvgIpc) is 3.11. The Kier molecular flexibility index (Phi) is 5.86. The number of aromatic nitrogens is 1. The number of para-hydroxylation sites is 1. The molecule has 0 aliphatic carbocycles. The first-order chi connectivity index (χ1) is 12.7. The fraction of sp³-hybridized carbons (Fsp3) is 0.200. The molecule has 0 bridgehead atoms. The largest absolute Gasteiger partial charge is 0.488 e. The van der Waals surface area contributed by atoms with Crippen LogP contribution in [-0.2, 0) is 11.3 Å². The van der Waals surface area contributed by atoms with Gasteiger partial charge in [-0.2, -0.15) is 0 Å². The van der Waals surface area contributed by atoms with E-state index in [1.807, 2.05) is 48.7 Å². The molecule has 6 heteroatoms. The summed E-state index contributed by atoms with van der Waals surface area (Å²) in [6.07, 6.45) is 0.807. The van der Waals surface area contributed by atoms with Crippen LogP contribution >= 0.6 is 11.3 Å². The number of anilines is 1. The number of nitrogens with zero attached hydrogens (tertiary/aromatic N) is 1. The van der Waals surface area contributed by atoms with Gasteiger partial charge in [0.1, 0.15) is 12.4 Å². The maximum atomic E-state index is 11.8. The van der Waals surface area contributed by atoms with E-state index in [0.29, 0.717) is 23.9 Å².